The highest BCUT2D eigenvalue weighted by Crippen LogP contribution is 2.40. The molecule has 1 amide bonds. The molecule has 2 N–H and O–H groups in total. The van der Waals surface area contributed by atoms with E-state index in [4.69, 9.17) is 14.0 Å². The van der Waals surface area contributed by atoms with Gasteiger partial charge >= 0.3 is 13.9 Å². The molecule has 2 aromatic carbocycles. The summed E-state index contributed by atoms with van der Waals surface area (Å²) in [4.78, 5) is 34.1. The van der Waals surface area contributed by atoms with Crippen LogP contribution in [0.3, 0.4) is 0 Å². The number of nitrogens with zero attached hydrogens (tertiary/aromatic N) is 1. The van der Waals surface area contributed by atoms with Crippen molar-refractivity contribution >= 4 is 29.8 Å². The fraction of sp³-hybridized carbons (Fsp3) is 0.639. The van der Waals surface area contributed by atoms with Crippen LogP contribution in [0.1, 0.15) is 108 Å². The molecule has 8 nitrogen and oxygen atoms in total. The first-order chi connectivity index (χ1) is 22.3. The second kappa shape index (κ2) is 25.3. The van der Waals surface area contributed by atoms with Gasteiger partial charge in [0.05, 0.1) is 12.7 Å². The van der Waals surface area contributed by atoms with Gasteiger partial charge in [-0.3, -0.25) is 4.52 Å². The van der Waals surface area contributed by atoms with Crippen LogP contribution < -0.4 is 0 Å². The SMILES string of the molecule is CCCCCCCCCCCCCCCCOCC(CN(Cc1ccccc1)C(=O)OCc1ccccc1)C(CBr)OP(=O)(O)O. The Morgan fingerprint density at radius 3 is 1.78 bits per heavy atom. The molecule has 10 heteroatoms. The van der Waals surface area contributed by atoms with Crippen molar-refractivity contribution in [2.24, 2.45) is 5.92 Å². The monoisotopic (exact) mass is 725 g/mol. The Bertz CT molecular complexity index is 1070. The van der Waals surface area contributed by atoms with Crippen LogP contribution in [-0.4, -0.2) is 52.0 Å². The third-order valence-corrected chi connectivity index (χ3v) is 9.24. The van der Waals surface area contributed by atoms with Gasteiger partial charge in [0.25, 0.3) is 0 Å². The number of unbranched alkanes of at least 4 members (excludes halogenated alkanes) is 13. The molecule has 0 spiro atoms. The van der Waals surface area contributed by atoms with Gasteiger partial charge in [0, 0.05) is 30.9 Å². The second-order valence-electron chi connectivity index (χ2n) is 12.1. The lowest BCUT2D eigenvalue weighted by atomic mass is 10.0. The van der Waals surface area contributed by atoms with Gasteiger partial charge in [-0.05, 0) is 17.5 Å². The van der Waals surface area contributed by atoms with Crippen LogP contribution >= 0.6 is 23.8 Å². The van der Waals surface area contributed by atoms with Crippen LogP contribution in [0, 0.1) is 5.92 Å². The molecule has 0 heterocycles. The van der Waals surface area contributed by atoms with E-state index in [1.807, 2.05) is 60.7 Å². The van der Waals surface area contributed by atoms with Gasteiger partial charge in [-0.15, -0.1) is 0 Å². The van der Waals surface area contributed by atoms with Crippen LogP contribution in [-0.2, 0) is 31.7 Å². The van der Waals surface area contributed by atoms with Crippen molar-refractivity contribution in [2.45, 2.75) is 116 Å². The zero-order valence-corrected chi connectivity index (χ0v) is 30.3. The Hall–Kier alpha value is -1.74. The topological polar surface area (TPSA) is 106 Å². The minimum atomic E-state index is -4.78. The number of rotatable bonds is 27. The van der Waals surface area contributed by atoms with Crippen molar-refractivity contribution in [3.63, 3.8) is 0 Å². The Morgan fingerprint density at radius 1 is 0.783 bits per heavy atom. The lowest BCUT2D eigenvalue weighted by Crippen LogP contribution is -2.42. The van der Waals surface area contributed by atoms with Crippen LogP contribution in [0.15, 0.2) is 60.7 Å². The minimum Gasteiger partial charge on any atom is -0.445 e. The lowest BCUT2D eigenvalue weighted by molar-refractivity contribution is 0.0141. The second-order valence-corrected chi connectivity index (χ2v) is 14.0. The van der Waals surface area contributed by atoms with E-state index in [0.29, 0.717) is 6.61 Å². The highest BCUT2D eigenvalue weighted by Gasteiger charge is 2.32. The number of hydrogen-bond acceptors (Lipinski definition) is 5. The molecule has 0 aromatic heterocycles. The number of ether oxygens (including phenoxy) is 2. The quantitative estimate of drug-likeness (QED) is 0.0537. The zero-order chi connectivity index (χ0) is 33.3. The molecule has 0 aliphatic heterocycles. The molecule has 2 aromatic rings. The molecule has 0 saturated carbocycles. The molecule has 0 fully saturated rings. The molecule has 0 aliphatic rings. The van der Waals surface area contributed by atoms with E-state index in [1.54, 1.807) is 4.90 Å². The number of benzene rings is 2. The van der Waals surface area contributed by atoms with E-state index in [9.17, 15) is 19.1 Å². The van der Waals surface area contributed by atoms with Gasteiger partial charge in [0.15, 0.2) is 0 Å². The first-order valence-corrected chi connectivity index (χ1v) is 19.8. The van der Waals surface area contributed by atoms with Gasteiger partial charge < -0.3 is 24.2 Å². The van der Waals surface area contributed by atoms with Crippen molar-refractivity contribution < 1.29 is 33.1 Å². The highest BCUT2D eigenvalue weighted by molar-refractivity contribution is 9.09. The predicted molar refractivity (Wildman–Crippen MR) is 189 cm³/mol. The van der Waals surface area contributed by atoms with E-state index < -0.39 is 25.9 Å². The Labute approximate surface area is 286 Å². The molecule has 46 heavy (non-hydrogen) atoms. The molecule has 2 unspecified atom stereocenters. The third-order valence-electron chi connectivity index (χ3n) is 8.06. The number of hydrogen-bond donors (Lipinski definition) is 2. The van der Waals surface area contributed by atoms with Gasteiger partial charge in [0.2, 0.25) is 0 Å². The summed E-state index contributed by atoms with van der Waals surface area (Å²) in [5, 5.41) is 0.170. The highest BCUT2D eigenvalue weighted by atomic mass is 79.9. The van der Waals surface area contributed by atoms with Crippen LogP contribution in [0.4, 0.5) is 4.79 Å². The number of carbonyl (C=O) groups is 1. The number of amides is 1. The van der Waals surface area contributed by atoms with Gasteiger partial charge in [-0.2, -0.15) is 0 Å². The fourth-order valence-electron chi connectivity index (χ4n) is 5.43. The van der Waals surface area contributed by atoms with Gasteiger partial charge in [0.1, 0.15) is 6.61 Å². The standard InChI is InChI=1S/C36H57BrNO7P/c1-2-3-4-5-6-7-8-9-10-11-12-13-14-21-26-43-31-34(35(27-37)45-46(40,41)42)29-38(28-32-22-17-15-18-23-32)36(39)44-30-33-24-19-16-20-25-33/h15-20,22-25,34-35H,2-14,21,26-31H2,1H3,(H2,40,41,42). The Balaban J connectivity index is 1.84. The van der Waals surface area contributed by atoms with E-state index in [0.717, 1.165) is 24.0 Å². The largest absolute Gasteiger partial charge is 0.469 e. The summed E-state index contributed by atoms with van der Waals surface area (Å²) in [5.41, 5.74) is 1.78. The van der Waals surface area contributed by atoms with E-state index in [2.05, 4.69) is 22.9 Å². The van der Waals surface area contributed by atoms with Crippen molar-refractivity contribution in [2.75, 3.05) is 25.1 Å². The van der Waals surface area contributed by atoms with Gasteiger partial charge in [-0.25, -0.2) is 9.36 Å². The van der Waals surface area contributed by atoms with Crippen LogP contribution in [0.2, 0.25) is 0 Å². The van der Waals surface area contributed by atoms with Crippen molar-refractivity contribution in [1.82, 2.24) is 4.90 Å². The third kappa shape index (κ3) is 19.8. The maximum Gasteiger partial charge on any atom is 0.469 e. The number of phosphoric acid groups is 1. The summed E-state index contributed by atoms with van der Waals surface area (Å²) in [6.07, 6.45) is 16.5. The summed E-state index contributed by atoms with van der Waals surface area (Å²) >= 11 is 3.36. The van der Waals surface area contributed by atoms with Crippen molar-refractivity contribution in [3.05, 3.63) is 71.8 Å². The molecular formula is C36H57BrNO7P. The van der Waals surface area contributed by atoms with E-state index >= 15 is 0 Å². The summed E-state index contributed by atoms with van der Waals surface area (Å²) in [6, 6.07) is 19.0. The van der Waals surface area contributed by atoms with Crippen LogP contribution in [0.5, 0.6) is 0 Å². The normalized spacial score (nSPS) is 13.0. The Morgan fingerprint density at radius 2 is 1.28 bits per heavy atom. The Kier molecular flexibility index (Phi) is 22.2. The van der Waals surface area contributed by atoms with Crippen molar-refractivity contribution in [3.8, 4) is 0 Å². The number of alkyl halides is 1. The zero-order valence-electron chi connectivity index (χ0n) is 27.8. The average molecular weight is 727 g/mol. The molecule has 0 saturated heterocycles. The number of carbonyl (C=O) groups excluding carboxylic acids is 1. The van der Waals surface area contributed by atoms with Gasteiger partial charge in [-0.1, -0.05) is 167 Å². The molecule has 2 atom stereocenters. The summed E-state index contributed by atoms with van der Waals surface area (Å²) < 4.78 is 28.6. The molecule has 0 aliphatic carbocycles. The molecule has 0 bridgehead atoms. The number of phosphoric ester groups is 1. The molecule has 0 radical (unpaired) electrons. The maximum atomic E-state index is 13.3. The maximum absolute atomic E-state index is 13.3. The molecule has 2 rings (SSSR count). The average Bonchev–Trinajstić information content (AvgIpc) is 3.05. The number of halogens is 1. The summed E-state index contributed by atoms with van der Waals surface area (Å²) in [7, 11) is -4.78. The summed E-state index contributed by atoms with van der Waals surface area (Å²) in [6.45, 7) is 3.51. The smallest absolute Gasteiger partial charge is 0.445 e. The van der Waals surface area contributed by atoms with Crippen LogP contribution in [0.25, 0.3) is 0 Å². The molecular weight excluding hydrogens is 669 g/mol. The predicted octanol–water partition coefficient (Wildman–Crippen LogP) is 9.81. The minimum absolute atomic E-state index is 0.117. The molecule has 260 valence electrons. The van der Waals surface area contributed by atoms with E-state index in [-0.39, 0.29) is 31.6 Å². The lowest BCUT2D eigenvalue weighted by Gasteiger charge is -2.31. The fourth-order valence-corrected chi connectivity index (χ4v) is 6.89. The van der Waals surface area contributed by atoms with Crippen molar-refractivity contribution in [1.29, 1.82) is 0 Å². The summed E-state index contributed by atoms with van der Waals surface area (Å²) in [5.74, 6) is -0.508. The first kappa shape index (κ1) is 40.4. The van der Waals surface area contributed by atoms with E-state index in [1.165, 1.54) is 77.0 Å². The first-order valence-electron chi connectivity index (χ1n) is 17.2.